The summed E-state index contributed by atoms with van der Waals surface area (Å²) >= 11 is 7.67. The first kappa shape index (κ1) is 14.0. The number of carbonyl (C=O) groups excluding carboxylic acids is 1. The van der Waals surface area contributed by atoms with Gasteiger partial charge >= 0.3 is 0 Å². The number of ether oxygens (including phenoxy) is 1. The number of benzene rings is 2. The van der Waals surface area contributed by atoms with E-state index in [2.05, 4.69) is 0 Å². The molecule has 0 aliphatic carbocycles. The highest BCUT2D eigenvalue weighted by Gasteiger charge is 2.07. The van der Waals surface area contributed by atoms with E-state index in [9.17, 15) is 4.79 Å². The van der Waals surface area contributed by atoms with Gasteiger partial charge in [0.2, 0.25) is 0 Å². The minimum absolute atomic E-state index is 0.0222. The second-order valence-electron chi connectivity index (χ2n) is 3.98. The van der Waals surface area contributed by atoms with Crippen LogP contribution < -0.4 is 4.74 Å². The molecular weight excluding hydrogens is 280 g/mol. The fourth-order valence-electron chi connectivity index (χ4n) is 1.62. The Morgan fingerprint density at radius 2 is 1.74 bits per heavy atom. The van der Waals surface area contributed by atoms with Gasteiger partial charge in [-0.2, -0.15) is 0 Å². The quantitative estimate of drug-likeness (QED) is 0.764. The summed E-state index contributed by atoms with van der Waals surface area (Å²) in [6.45, 7) is 1.51. The first-order chi connectivity index (χ1) is 9.10. The Morgan fingerprint density at radius 1 is 1.11 bits per heavy atom. The van der Waals surface area contributed by atoms with Gasteiger partial charge in [-0.25, -0.2) is 0 Å². The van der Waals surface area contributed by atoms with Gasteiger partial charge in [0.15, 0.2) is 5.78 Å². The molecule has 19 heavy (non-hydrogen) atoms. The van der Waals surface area contributed by atoms with Crippen LogP contribution in [-0.4, -0.2) is 12.9 Å². The molecule has 0 spiro atoms. The van der Waals surface area contributed by atoms with Gasteiger partial charge in [-0.3, -0.25) is 4.79 Å². The van der Waals surface area contributed by atoms with Gasteiger partial charge in [0, 0.05) is 15.4 Å². The summed E-state index contributed by atoms with van der Waals surface area (Å²) in [6.07, 6.45) is 0. The molecule has 0 bridgehead atoms. The van der Waals surface area contributed by atoms with Gasteiger partial charge < -0.3 is 4.74 Å². The molecule has 2 nitrogen and oxygen atoms in total. The van der Waals surface area contributed by atoms with E-state index in [1.165, 1.54) is 6.92 Å². The van der Waals surface area contributed by atoms with Crippen LogP contribution in [0.4, 0.5) is 0 Å². The number of ketones is 1. The van der Waals surface area contributed by atoms with Crippen molar-refractivity contribution in [2.24, 2.45) is 0 Å². The zero-order valence-corrected chi connectivity index (χ0v) is 12.2. The smallest absolute Gasteiger partial charge is 0.161 e. The molecule has 2 rings (SSSR count). The summed E-state index contributed by atoms with van der Waals surface area (Å²) in [5.74, 6) is 0.806. The lowest BCUT2D eigenvalue weighted by Gasteiger charge is -2.06. The van der Waals surface area contributed by atoms with Crippen molar-refractivity contribution in [1.29, 1.82) is 0 Å². The van der Waals surface area contributed by atoms with Gasteiger partial charge in [0.05, 0.1) is 12.1 Å². The Bertz CT molecular complexity index is 594. The van der Waals surface area contributed by atoms with Crippen LogP contribution in [0.25, 0.3) is 0 Å². The number of halogens is 1. The van der Waals surface area contributed by atoms with Crippen LogP contribution in [0.1, 0.15) is 17.3 Å². The molecule has 0 aliphatic heterocycles. The van der Waals surface area contributed by atoms with Crippen LogP contribution in [0.5, 0.6) is 5.75 Å². The summed E-state index contributed by atoms with van der Waals surface area (Å²) in [5, 5.41) is 0.492. The molecule has 0 saturated heterocycles. The molecule has 0 amide bonds. The molecule has 0 saturated carbocycles. The average molecular weight is 293 g/mol. The molecule has 98 valence electrons. The highest BCUT2D eigenvalue weighted by molar-refractivity contribution is 7.99. The highest BCUT2D eigenvalue weighted by Crippen LogP contribution is 2.31. The molecule has 2 aromatic rings. The Labute approximate surface area is 121 Å². The molecular formula is C15H13ClO2S. The fraction of sp³-hybridized carbons (Fsp3) is 0.133. The Hall–Kier alpha value is -1.45. The maximum atomic E-state index is 11.3. The van der Waals surface area contributed by atoms with Crippen LogP contribution in [-0.2, 0) is 0 Å². The van der Waals surface area contributed by atoms with Crippen molar-refractivity contribution in [3.63, 3.8) is 0 Å². The van der Waals surface area contributed by atoms with Crippen LogP contribution in [0.15, 0.2) is 52.3 Å². The van der Waals surface area contributed by atoms with Crippen molar-refractivity contribution in [1.82, 2.24) is 0 Å². The third-order valence-electron chi connectivity index (χ3n) is 2.61. The van der Waals surface area contributed by atoms with Crippen molar-refractivity contribution in [2.45, 2.75) is 16.7 Å². The van der Waals surface area contributed by atoms with Crippen LogP contribution in [0, 0.1) is 0 Å². The number of hydrogen-bond donors (Lipinski definition) is 0. The monoisotopic (exact) mass is 292 g/mol. The lowest BCUT2D eigenvalue weighted by molar-refractivity contribution is 0.101. The van der Waals surface area contributed by atoms with E-state index < -0.39 is 0 Å². The minimum atomic E-state index is -0.0222. The number of carbonyl (C=O) groups is 1. The fourth-order valence-corrected chi connectivity index (χ4v) is 2.86. The van der Waals surface area contributed by atoms with E-state index in [0.29, 0.717) is 10.6 Å². The Kier molecular flexibility index (Phi) is 4.51. The SMILES string of the molecule is COc1ccc(Sc2ccc(C(C)=O)c(Cl)c2)cc1. The van der Waals surface area contributed by atoms with E-state index in [1.807, 2.05) is 36.4 Å². The number of hydrogen-bond acceptors (Lipinski definition) is 3. The maximum absolute atomic E-state index is 11.3. The molecule has 0 fully saturated rings. The normalized spacial score (nSPS) is 10.3. The van der Waals surface area contributed by atoms with Gasteiger partial charge in [0.25, 0.3) is 0 Å². The Balaban J connectivity index is 2.18. The second kappa shape index (κ2) is 6.13. The third-order valence-corrected chi connectivity index (χ3v) is 3.93. The van der Waals surface area contributed by atoms with E-state index >= 15 is 0 Å². The zero-order valence-electron chi connectivity index (χ0n) is 10.6. The zero-order chi connectivity index (χ0) is 13.8. The van der Waals surface area contributed by atoms with Crippen molar-refractivity contribution in [3.05, 3.63) is 53.1 Å². The van der Waals surface area contributed by atoms with Crippen molar-refractivity contribution < 1.29 is 9.53 Å². The van der Waals surface area contributed by atoms with Crippen molar-refractivity contribution in [3.8, 4) is 5.75 Å². The van der Waals surface area contributed by atoms with Gasteiger partial charge in [-0.1, -0.05) is 23.4 Å². The summed E-state index contributed by atoms with van der Waals surface area (Å²) in [6, 6.07) is 13.3. The molecule has 0 atom stereocenters. The van der Waals surface area contributed by atoms with Crippen LogP contribution in [0.3, 0.4) is 0 Å². The standard InChI is InChI=1S/C15H13ClO2S/c1-10(17)14-8-7-13(9-15(14)16)19-12-5-3-11(18-2)4-6-12/h3-9H,1-2H3. The van der Waals surface area contributed by atoms with E-state index in [1.54, 1.807) is 24.9 Å². The van der Waals surface area contributed by atoms with Crippen LogP contribution >= 0.6 is 23.4 Å². The summed E-state index contributed by atoms with van der Waals surface area (Å²) in [7, 11) is 1.64. The van der Waals surface area contributed by atoms with Crippen LogP contribution in [0.2, 0.25) is 5.02 Å². The predicted molar refractivity (Wildman–Crippen MR) is 78.6 cm³/mol. The summed E-state index contributed by atoms with van der Waals surface area (Å²) in [5.41, 5.74) is 0.556. The molecule has 0 unspecified atom stereocenters. The second-order valence-corrected chi connectivity index (χ2v) is 5.53. The van der Waals surface area contributed by atoms with E-state index in [4.69, 9.17) is 16.3 Å². The molecule has 0 aromatic heterocycles. The summed E-state index contributed by atoms with van der Waals surface area (Å²) < 4.78 is 5.11. The van der Waals surface area contributed by atoms with Crippen molar-refractivity contribution in [2.75, 3.05) is 7.11 Å². The molecule has 0 aliphatic rings. The third kappa shape index (κ3) is 3.52. The topological polar surface area (TPSA) is 26.3 Å². The molecule has 2 aromatic carbocycles. The minimum Gasteiger partial charge on any atom is -0.497 e. The number of methoxy groups -OCH3 is 1. The molecule has 0 N–H and O–H groups in total. The highest BCUT2D eigenvalue weighted by atomic mass is 35.5. The van der Waals surface area contributed by atoms with E-state index in [0.717, 1.165) is 15.5 Å². The van der Waals surface area contributed by atoms with Gasteiger partial charge in [-0.05, 0) is 49.4 Å². The van der Waals surface area contributed by atoms with Gasteiger partial charge in [-0.15, -0.1) is 0 Å². The lowest BCUT2D eigenvalue weighted by atomic mass is 10.1. The maximum Gasteiger partial charge on any atom is 0.161 e. The van der Waals surface area contributed by atoms with Crippen molar-refractivity contribution >= 4 is 29.1 Å². The lowest BCUT2D eigenvalue weighted by Crippen LogP contribution is -1.92. The average Bonchev–Trinajstić information content (AvgIpc) is 2.39. The molecule has 0 radical (unpaired) electrons. The summed E-state index contributed by atoms with van der Waals surface area (Å²) in [4.78, 5) is 13.4. The largest absolute Gasteiger partial charge is 0.497 e. The van der Waals surface area contributed by atoms with Gasteiger partial charge in [0.1, 0.15) is 5.75 Å². The number of rotatable bonds is 4. The predicted octanol–water partition coefficient (Wildman–Crippen LogP) is 4.70. The first-order valence-corrected chi connectivity index (χ1v) is 6.92. The van der Waals surface area contributed by atoms with E-state index in [-0.39, 0.29) is 5.78 Å². The molecule has 4 heteroatoms. The Morgan fingerprint density at radius 3 is 2.26 bits per heavy atom. The number of Topliss-reactive ketones (excluding diaryl/α,β-unsaturated/α-hetero) is 1. The first-order valence-electron chi connectivity index (χ1n) is 5.72. The molecule has 0 heterocycles.